The molecular weight excluding hydrogens is 323 g/mol. The van der Waals surface area contributed by atoms with Crippen LogP contribution in [0.1, 0.15) is 12.0 Å². The number of para-hydroxylation sites is 1. The van der Waals surface area contributed by atoms with E-state index in [1.165, 1.54) is 0 Å². The Labute approximate surface area is 140 Å². The van der Waals surface area contributed by atoms with Gasteiger partial charge in [-0.15, -0.1) is 0 Å². The van der Waals surface area contributed by atoms with E-state index in [0.29, 0.717) is 21.5 Å². The van der Waals surface area contributed by atoms with Crippen molar-refractivity contribution in [2.75, 3.05) is 11.4 Å². The summed E-state index contributed by atoms with van der Waals surface area (Å²) in [5.41, 5.74) is 7.84. The number of nitrogens with zero attached hydrogens (tertiary/aromatic N) is 1. The highest BCUT2D eigenvalue weighted by Crippen LogP contribution is 2.24. The standard InChI is InChI=1S/C16H16Cl2N2S/c17-14-7-6-12(10-15(14)18)11-20(9-8-16(19)21)13-4-2-1-3-5-13/h1-7,10H,8-9,11H2,(H2,19,21). The molecule has 5 heteroatoms. The van der Waals surface area contributed by atoms with Crippen LogP contribution >= 0.6 is 35.4 Å². The van der Waals surface area contributed by atoms with Gasteiger partial charge in [0.15, 0.2) is 0 Å². The highest BCUT2D eigenvalue weighted by atomic mass is 35.5. The summed E-state index contributed by atoms with van der Waals surface area (Å²) in [7, 11) is 0. The van der Waals surface area contributed by atoms with Crippen LogP contribution < -0.4 is 10.6 Å². The maximum atomic E-state index is 6.08. The van der Waals surface area contributed by atoms with E-state index in [2.05, 4.69) is 17.0 Å². The lowest BCUT2D eigenvalue weighted by molar-refractivity contribution is 0.807. The van der Waals surface area contributed by atoms with Gasteiger partial charge < -0.3 is 10.6 Å². The minimum atomic E-state index is 0.519. The van der Waals surface area contributed by atoms with Crippen LogP contribution in [0.5, 0.6) is 0 Å². The van der Waals surface area contributed by atoms with Crippen LogP contribution in [0.3, 0.4) is 0 Å². The number of benzene rings is 2. The predicted molar refractivity (Wildman–Crippen MR) is 95.4 cm³/mol. The zero-order valence-corrected chi connectivity index (χ0v) is 13.8. The topological polar surface area (TPSA) is 29.3 Å². The second-order valence-electron chi connectivity index (χ2n) is 4.72. The quantitative estimate of drug-likeness (QED) is 0.775. The van der Waals surface area contributed by atoms with E-state index in [9.17, 15) is 0 Å². The summed E-state index contributed by atoms with van der Waals surface area (Å²) >= 11 is 17.0. The average Bonchev–Trinajstić information content (AvgIpc) is 2.48. The van der Waals surface area contributed by atoms with Gasteiger partial charge in [0.2, 0.25) is 0 Å². The summed E-state index contributed by atoms with van der Waals surface area (Å²) < 4.78 is 0. The Morgan fingerprint density at radius 3 is 2.38 bits per heavy atom. The molecule has 0 atom stereocenters. The van der Waals surface area contributed by atoms with Crippen molar-refractivity contribution in [1.29, 1.82) is 0 Å². The Kier molecular flexibility index (Phi) is 5.85. The minimum absolute atomic E-state index is 0.519. The first-order chi connectivity index (χ1) is 10.1. The van der Waals surface area contributed by atoms with Crippen molar-refractivity contribution in [3.05, 3.63) is 64.1 Å². The van der Waals surface area contributed by atoms with Crippen LogP contribution in [0, 0.1) is 0 Å². The summed E-state index contributed by atoms with van der Waals surface area (Å²) in [5, 5.41) is 1.13. The van der Waals surface area contributed by atoms with E-state index >= 15 is 0 Å². The SMILES string of the molecule is NC(=S)CCN(Cc1ccc(Cl)c(Cl)c1)c1ccccc1. The second-order valence-corrected chi connectivity index (χ2v) is 6.06. The number of anilines is 1. The third kappa shape index (κ3) is 4.88. The summed E-state index contributed by atoms with van der Waals surface area (Å²) in [5.74, 6) is 0. The molecule has 2 aromatic rings. The Bertz CT molecular complexity index is 617. The normalized spacial score (nSPS) is 10.4. The Morgan fingerprint density at radius 2 is 1.76 bits per heavy atom. The van der Waals surface area contributed by atoms with E-state index in [-0.39, 0.29) is 0 Å². The monoisotopic (exact) mass is 338 g/mol. The molecule has 0 bridgehead atoms. The number of thiocarbonyl (C=S) groups is 1. The summed E-state index contributed by atoms with van der Waals surface area (Å²) in [6.07, 6.45) is 0.672. The minimum Gasteiger partial charge on any atom is -0.393 e. The third-order valence-corrected chi connectivity index (χ3v) is 4.05. The number of hydrogen-bond acceptors (Lipinski definition) is 2. The van der Waals surface area contributed by atoms with E-state index in [4.69, 9.17) is 41.2 Å². The van der Waals surface area contributed by atoms with E-state index < -0.39 is 0 Å². The molecule has 0 radical (unpaired) electrons. The zero-order valence-electron chi connectivity index (χ0n) is 11.4. The molecule has 0 aliphatic carbocycles. The number of nitrogens with two attached hydrogens (primary N) is 1. The van der Waals surface area contributed by atoms with Crippen LogP contribution in [0.4, 0.5) is 5.69 Å². The Balaban J connectivity index is 2.18. The molecule has 0 aliphatic heterocycles. The lowest BCUT2D eigenvalue weighted by Gasteiger charge is -2.25. The summed E-state index contributed by atoms with van der Waals surface area (Å²) in [6, 6.07) is 15.8. The molecular formula is C16H16Cl2N2S. The van der Waals surface area contributed by atoms with Crippen LogP contribution in [0.2, 0.25) is 10.0 Å². The lowest BCUT2D eigenvalue weighted by Crippen LogP contribution is -2.27. The third-order valence-electron chi connectivity index (χ3n) is 3.11. The van der Waals surface area contributed by atoms with E-state index in [1.807, 2.05) is 36.4 Å². The van der Waals surface area contributed by atoms with Crippen molar-refractivity contribution in [3.8, 4) is 0 Å². The van der Waals surface area contributed by atoms with Gasteiger partial charge in [0.25, 0.3) is 0 Å². The van der Waals surface area contributed by atoms with Gasteiger partial charge in [-0.1, -0.05) is 59.7 Å². The number of hydrogen-bond donors (Lipinski definition) is 1. The fourth-order valence-corrected chi connectivity index (χ4v) is 2.45. The lowest BCUT2D eigenvalue weighted by atomic mass is 10.2. The molecule has 2 rings (SSSR count). The van der Waals surface area contributed by atoms with Crippen molar-refractivity contribution >= 4 is 46.1 Å². The molecule has 0 heterocycles. The van der Waals surface area contributed by atoms with Crippen molar-refractivity contribution in [2.24, 2.45) is 5.73 Å². The van der Waals surface area contributed by atoms with Gasteiger partial charge in [-0.25, -0.2) is 0 Å². The van der Waals surface area contributed by atoms with Gasteiger partial charge in [-0.3, -0.25) is 0 Å². The number of rotatable bonds is 6. The molecule has 110 valence electrons. The molecule has 0 amide bonds. The molecule has 2 aromatic carbocycles. The molecule has 0 fully saturated rings. The highest BCUT2D eigenvalue weighted by molar-refractivity contribution is 7.80. The maximum absolute atomic E-state index is 6.08. The van der Waals surface area contributed by atoms with Crippen LogP contribution in [0.25, 0.3) is 0 Å². The highest BCUT2D eigenvalue weighted by Gasteiger charge is 2.09. The molecule has 2 N–H and O–H groups in total. The van der Waals surface area contributed by atoms with Crippen LogP contribution in [-0.2, 0) is 6.54 Å². The average molecular weight is 339 g/mol. The van der Waals surface area contributed by atoms with Gasteiger partial charge in [0.05, 0.1) is 15.0 Å². The molecule has 0 saturated heterocycles. The first-order valence-corrected chi connectivity index (χ1v) is 7.75. The Morgan fingerprint density at radius 1 is 1.05 bits per heavy atom. The molecule has 0 saturated carbocycles. The van der Waals surface area contributed by atoms with Crippen molar-refractivity contribution in [1.82, 2.24) is 0 Å². The van der Waals surface area contributed by atoms with Crippen LogP contribution in [0.15, 0.2) is 48.5 Å². The molecule has 0 spiro atoms. The van der Waals surface area contributed by atoms with Gasteiger partial charge >= 0.3 is 0 Å². The maximum Gasteiger partial charge on any atom is 0.0745 e. The fraction of sp³-hybridized carbons (Fsp3) is 0.188. The van der Waals surface area contributed by atoms with Crippen molar-refractivity contribution < 1.29 is 0 Å². The van der Waals surface area contributed by atoms with Crippen molar-refractivity contribution in [3.63, 3.8) is 0 Å². The first-order valence-electron chi connectivity index (χ1n) is 6.58. The molecule has 21 heavy (non-hydrogen) atoms. The smallest absolute Gasteiger partial charge is 0.0745 e. The van der Waals surface area contributed by atoms with E-state index in [0.717, 1.165) is 24.3 Å². The summed E-state index contributed by atoms with van der Waals surface area (Å²) in [6.45, 7) is 1.49. The van der Waals surface area contributed by atoms with Gasteiger partial charge in [-0.05, 0) is 29.8 Å². The largest absolute Gasteiger partial charge is 0.393 e. The number of halogens is 2. The van der Waals surface area contributed by atoms with Gasteiger partial charge in [0.1, 0.15) is 0 Å². The molecule has 2 nitrogen and oxygen atoms in total. The Hall–Kier alpha value is -1.29. The molecule has 0 aliphatic rings. The predicted octanol–water partition coefficient (Wildman–Crippen LogP) is 4.68. The van der Waals surface area contributed by atoms with Gasteiger partial charge in [-0.2, -0.15) is 0 Å². The zero-order chi connectivity index (χ0) is 15.2. The molecule has 0 unspecified atom stereocenters. The summed E-state index contributed by atoms with van der Waals surface area (Å²) in [4.78, 5) is 2.74. The van der Waals surface area contributed by atoms with E-state index in [1.54, 1.807) is 0 Å². The molecule has 0 aromatic heterocycles. The van der Waals surface area contributed by atoms with Gasteiger partial charge in [0, 0.05) is 25.2 Å². The van der Waals surface area contributed by atoms with Crippen molar-refractivity contribution in [2.45, 2.75) is 13.0 Å². The van der Waals surface area contributed by atoms with Crippen LogP contribution in [-0.4, -0.2) is 11.5 Å². The first kappa shape index (κ1) is 16.1. The second kappa shape index (κ2) is 7.64. The fourth-order valence-electron chi connectivity index (χ4n) is 2.04.